The zero-order valence-corrected chi connectivity index (χ0v) is 19.9. The van der Waals surface area contributed by atoms with E-state index in [-0.39, 0.29) is 6.42 Å². The minimum absolute atomic E-state index is 0.0269. The van der Waals surface area contributed by atoms with Crippen molar-refractivity contribution in [3.63, 3.8) is 0 Å². The molecule has 0 bridgehead atoms. The summed E-state index contributed by atoms with van der Waals surface area (Å²) in [5.74, 6) is -0.237. The van der Waals surface area contributed by atoms with Gasteiger partial charge in [-0.15, -0.1) is 0 Å². The van der Waals surface area contributed by atoms with E-state index < -0.39 is 5.97 Å². The van der Waals surface area contributed by atoms with Crippen LogP contribution in [0.4, 0.5) is 0 Å². The molecule has 1 heterocycles. The van der Waals surface area contributed by atoms with Crippen LogP contribution in [0.1, 0.15) is 30.4 Å². The van der Waals surface area contributed by atoms with Crippen LogP contribution in [-0.2, 0) is 16.1 Å². The van der Waals surface area contributed by atoms with E-state index in [2.05, 4.69) is 46.5 Å². The summed E-state index contributed by atoms with van der Waals surface area (Å²) < 4.78 is 5.73. The average molecular weight is 473 g/mol. The van der Waals surface area contributed by atoms with Crippen LogP contribution in [-0.4, -0.2) is 54.5 Å². The van der Waals surface area contributed by atoms with Gasteiger partial charge in [0.25, 0.3) is 0 Å². The van der Waals surface area contributed by atoms with Crippen LogP contribution in [0.3, 0.4) is 0 Å². The molecule has 0 aromatic heterocycles. The standard InChI is InChI=1S/C29H32N2O4/c32-29(33)21-23-8-7-11-27(20-23)34-18-19-35-30-28(22-31-16-5-2-6-17-31)26-14-12-25(13-15-26)24-9-3-1-4-10-24/h1,3-4,7-15,20H,2,5-6,16-19,21-22H2,(H,32,33)/b30-28+. The molecular weight excluding hydrogens is 440 g/mol. The summed E-state index contributed by atoms with van der Waals surface area (Å²) >= 11 is 0. The number of carboxylic acids is 1. The molecule has 3 aromatic carbocycles. The Morgan fingerprint density at radius 3 is 2.34 bits per heavy atom. The number of likely N-dealkylation sites (tertiary alicyclic amines) is 1. The lowest BCUT2D eigenvalue weighted by Gasteiger charge is -2.26. The second kappa shape index (κ2) is 12.7. The van der Waals surface area contributed by atoms with Gasteiger partial charge in [0.1, 0.15) is 18.1 Å². The third-order valence-corrected chi connectivity index (χ3v) is 6.02. The molecule has 4 rings (SSSR count). The number of piperidine rings is 1. The summed E-state index contributed by atoms with van der Waals surface area (Å²) in [6.45, 7) is 3.54. The van der Waals surface area contributed by atoms with Crippen molar-refractivity contribution >= 4 is 11.7 Å². The zero-order chi connectivity index (χ0) is 24.3. The average Bonchev–Trinajstić information content (AvgIpc) is 2.89. The van der Waals surface area contributed by atoms with Gasteiger partial charge in [0, 0.05) is 12.1 Å². The Labute approximate surface area is 206 Å². The predicted octanol–water partition coefficient (Wildman–Crippen LogP) is 5.27. The highest BCUT2D eigenvalue weighted by Gasteiger charge is 2.15. The van der Waals surface area contributed by atoms with Gasteiger partial charge in [-0.1, -0.05) is 78.3 Å². The molecule has 0 radical (unpaired) electrons. The molecule has 0 amide bonds. The van der Waals surface area contributed by atoms with Gasteiger partial charge in [-0.3, -0.25) is 9.69 Å². The highest BCUT2D eigenvalue weighted by molar-refractivity contribution is 6.02. The Kier molecular flexibility index (Phi) is 8.90. The van der Waals surface area contributed by atoms with Gasteiger partial charge in [-0.25, -0.2) is 0 Å². The Morgan fingerprint density at radius 2 is 1.60 bits per heavy atom. The molecular formula is C29H32N2O4. The molecule has 1 N–H and O–H groups in total. The van der Waals surface area contributed by atoms with Crippen LogP contribution in [0, 0.1) is 0 Å². The minimum atomic E-state index is -0.863. The second-order valence-electron chi connectivity index (χ2n) is 8.72. The Morgan fingerprint density at radius 1 is 0.857 bits per heavy atom. The van der Waals surface area contributed by atoms with Gasteiger partial charge < -0.3 is 14.7 Å². The summed E-state index contributed by atoms with van der Waals surface area (Å²) in [6, 6.07) is 25.9. The van der Waals surface area contributed by atoms with E-state index in [1.165, 1.54) is 30.4 Å². The van der Waals surface area contributed by atoms with Crippen LogP contribution >= 0.6 is 0 Å². The summed E-state index contributed by atoms with van der Waals surface area (Å²) in [7, 11) is 0. The SMILES string of the molecule is O=C(O)Cc1cccc(OCCO/N=C(\CN2CCCCC2)c2ccc(-c3ccccc3)cc2)c1. The van der Waals surface area contributed by atoms with Crippen molar-refractivity contribution in [2.24, 2.45) is 5.16 Å². The van der Waals surface area contributed by atoms with Gasteiger partial charge in [0.05, 0.1) is 6.42 Å². The largest absolute Gasteiger partial charge is 0.490 e. The first-order valence-electron chi connectivity index (χ1n) is 12.2. The van der Waals surface area contributed by atoms with Gasteiger partial charge in [0.15, 0.2) is 6.61 Å². The fourth-order valence-electron chi connectivity index (χ4n) is 4.23. The van der Waals surface area contributed by atoms with Crippen molar-refractivity contribution < 1.29 is 19.5 Å². The van der Waals surface area contributed by atoms with Crippen LogP contribution in [0.2, 0.25) is 0 Å². The molecule has 182 valence electrons. The van der Waals surface area contributed by atoms with Crippen molar-refractivity contribution in [3.05, 3.63) is 90.0 Å². The predicted molar refractivity (Wildman–Crippen MR) is 138 cm³/mol. The number of hydrogen-bond acceptors (Lipinski definition) is 5. The van der Waals surface area contributed by atoms with E-state index in [9.17, 15) is 4.79 Å². The van der Waals surface area contributed by atoms with Gasteiger partial charge in [-0.05, 0) is 54.8 Å². The molecule has 0 spiro atoms. The smallest absolute Gasteiger partial charge is 0.307 e. The van der Waals surface area contributed by atoms with Crippen molar-refractivity contribution in [1.29, 1.82) is 0 Å². The van der Waals surface area contributed by atoms with E-state index in [0.717, 1.165) is 30.9 Å². The summed E-state index contributed by atoms with van der Waals surface area (Å²) in [5.41, 5.74) is 5.03. The van der Waals surface area contributed by atoms with Crippen molar-refractivity contribution in [2.45, 2.75) is 25.7 Å². The molecule has 0 saturated carbocycles. The number of carbonyl (C=O) groups is 1. The molecule has 3 aromatic rings. The molecule has 1 aliphatic rings. The molecule has 0 atom stereocenters. The molecule has 35 heavy (non-hydrogen) atoms. The third kappa shape index (κ3) is 7.69. The fourth-order valence-corrected chi connectivity index (χ4v) is 4.23. The number of benzene rings is 3. The summed E-state index contributed by atoms with van der Waals surface area (Å²) in [5, 5.41) is 13.5. The lowest BCUT2D eigenvalue weighted by atomic mass is 10.0. The molecule has 0 unspecified atom stereocenters. The second-order valence-corrected chi connectivity index (χ2v) is 8.72. The first-order chi connectivity index (χ1) is 17.2. The maximum Gasteiger partial charge on any atom is 0.307 e. The number of aliphatic carboxylic acids is 1. The maximum atomic E-state index is 10.9. The van der Waals surface area contributed by atoms with Crippen LogP contribution in [0.25, 0.3) is 11.1 Å². The minimum Gasteiger partial charge on any atom is -0.490 e. The van der Waals surface area contributed by atoms with Crippen LogP contribution < -0.4 is 4.74 Å². The lowest BCUT2D eigenvalue weighted by Crippen LogP contribution is -2.35. The van der Waals surface area contributed by atoms with Crippen molar-refractivity contribution in [2.75, 3.05) is 32.8 Å². The molecule has 0 aliphatic carbocycles. The number of ether oxygens (including phenoxy) is 1. The normalized spacial score (nSPS) is 14.5. The molecule has 6 nitrogen and oxygen atoms in total. The highest BCUT2D eigenvalue weighted by Crippen LogP contribution is 2.20. The Hall–Kier alpha value is -3.64. The maximum absolute atomic E-state index is 10.9. The van der Waals surface area contributed by atoms with Crippen molar-refractivity contribution in [1.82, 2.24) is 4.90 Å². The van der Waals surface area contributed by atoms with E-state index >= 15 is 0 Å². The number of rotatable bonds is 11. The highest BCUT2D eigenvalue weighted by atomic mass is 16.6. The summed E-state index contributed by atoms with van der Waals surface area (Å²) in [6.07, 6.45) is 3.70. The number of carboxylic acid groups (broad SMARTS) is 1. The first-order valence-corrected chi connectivity index (χ1v) is 12.2. The Balaban J connectivity index is 1.38. The van der Waals surface area contributed by atoms with Gasteiger partial charge in [-0.2, -0.15) is 0 Å². The molecule has 1 aliphatic heterocycles. The van der Waals surface area contributed by atoms with Gasteiger partial charge >= 0.3 is 5.97 Å². The van der Waals surface area contributed by atoms with E-state index in [0.29, 0.717) is 24.5 Å². The third-order valence-electron chi connectivity index (χ3n) is 6.02. The molecule has 1 saturated heterocycles. The molecule has 1 fully saturated rings. The monoisotopic (exact) mass is 472 g/mol. The fraction of sp³-hybridized carbons (Fsp3) is 0.310. The topological polar surface area (TPSA) is 71.4 Å². The van der Waals surface area contributed by atoms with E-state index in [1.807, 2.05) is 24.3 Å². The van der Waals surface area contributed by atoms with E-state index in [1.54, 1.807) is 18.2 Å². The zero-order valence-electron chi connectivity index (χ0n) is 19.9. The lowest BCUT2D eigenvalue weighted by molar-refractivity contribution is -0.136. The quantitative estimate of drug-likeness (QED) is 0.234. The number of hydrogen-bond donors (Lipinski definition) is 1. The number of oxime groups is 1. The summed E-state index contributed by atoms with van der Waals surface area (Å²) in [4.78, 5) is 19.0. The molecule has 6 heteroatoms. The first kappa shape index (κ1) is 24.5. The van der Waals surface area contributed by atoms with Crippen molar-refractivity contribution in [3.8, 4) is 16.9 Å². The Bertz CT molecular complexity index is 1110. The number of nitrogens with zero attached hydrogens (tertiary/aromatic N) is 2. The van der Waals surface area contributed by atoms with Gasteiger partial charge in [0.2, 0.25) is 0 Å². The van der Waals surface area contributed by atoms with Crippen LogP contribution in [0.15, 0.2) is 84.0 Å². The van der Waals surface area contributed by atoms with Crippen LogP contribution in [0.5, 0.6) is 5.75 Å². The van der Waals surface area contributed by atoms with E-state index in [4.69, 9.17) is 14.7 Å².